The number of carbonyl (C=O) groups is 1. The number of aliphatic imine (C=N–C) groups is 1. The van der Waals surface area contributed by atoms with Crippen molar-refractivity contribution in [2.24, 2.45) is 45.9 Å². The summed E-state index contributed by atoms with van der Waals surface area (Å²) in [6.45, 7) is 0. The first-order valence-electron chi connectivity index (χ1n) is 16.4. The van der Waals surface area contributed by atoms with Gasteiger partial charge in [0.05, 0.1) is 39.0 Å². The highest BCUT2D eigenvalue weighted by molar-refractivity contribution is 7.85. The molecule has 0 bridgehead atoms. The number of rotatable bonds is 12. The summed E-state index contributed by atoms with van der Waals surface area (Å²) in [6, 6.07) is 27.6. The third-order valence-electron chi connectivity index (χ3n) is 7.67. The van der Waals surface area contributed by atoms with Gasteiger partial charge in [-0.2, -0.15) is 34.0 Å². The van der Waals surface area contributed by atoms with Gasteiger partial charge in [-0.3, -0.25) is 4.55 Å². The van der Waals surface area contributed by atoms with Crippen LogP contribution in [0.4, 0.5) is 51.2 Å². The molecule has 290 valence electrons. The van der Waals surface area contributed by atoms with Crippen LogP contribution < -0.4 is 0 Å². The maximum absolute atomic E-state index is 11.4. The first-order valence-corrected chi connectivity index (χ1v) is 17.8. The molecule has 0 aliphatic carbocycles. The zero-order chi connectivity index (χ0) is 41.4. The quantitative estimate of drug-likeness (QED) is 0.0265. The molecular weight excluding hydrogens is 775 g/mol. The van der Waals surface area contributed by atoms with E-state index in [0.29, 0.717) is 22.6 Å². The molecule has 6 aromatic carbocycles. The van der Waals surface area contributed by atoms with Crippen molar-refractivity contribution in [3.63, 3.8) is 0 Å². The molecule has 0 aliphatic rings. The minimum atomic E-state index is -4.44. The predicted octanol–water partition coefficient (Wildman–Crippen LogP) is 10.8. The van der Waals surface area contributed by atoms with Crippen molar-refractivity contribution in [3.8, 4) is 23.0 Å². The van der Waals surface area contributed by atoms with E-state index >= 15 is 0 Å². The van der Waals surface area contributed by atoms with E-state index in [1.165, 1.54) is 60.7 Å². The third kappa shape index (κ3) is 10.1. The first-order chi connectivity index (χ1) is 27.7. The fourth-order valence-corrected chi connectivity index (χ4v) is 5.26. The molecule has 58 heavy (non-hydrogen) atoms. The molecule has 7 N–H and O–H groups in total. The number of aromatic hydroxyl groups is 4. The lowest BCUT2D eigenvalue weighted by Gasteiger charge is -2.04. The molecule has 0 aromatic heterocycles. The molecule has 19 nitrogen and oxygen atoms in total. The van der Waals surface area contributed by atoms with Gasteiger partial charge < -0.3 is 30.6 Å². The number of carboxylic acid groups (broad SMARTS) is 1. The Morgan fingerprint density at radius 2 is 0.914 bits per heavy atom. The molecule has 0 saturated carbocycles. The predicted molar refractivity (Wildman–Crippen MR) is 208 cm³/mol. The van der Waals surface area contributed by atoms with Crippen molar-refractivity contribution >= 4 is 73.2 Å². The van der Waals surface area contributed by atoms with Crippen LogP contribution in [0.15, 0.2) is 172 Å². The van der Waals surface area contributed by atoms with Gasteiger partial charge in [0.15, 0.2) is 0 Å². The normalized spacial score (nSPS) is 12.3. The van der Waals surface area contributed by atoms with Crippen LogP contribution >= 0.6 is 0 Å². The Morgan fingerprint density at radius 3 is 1.52 bits per heavy atom. The highest BCUT2D eigenvalue weighted by Gasteiger charge is 2.12. The van der Waals surface area contributed by atoms with E-state index in [4.69, 9.17) is 5.11 Å². The zero-order valence-electron chi connectivity index (χ0n) is 29.3. The molecule has 6 rings (SSSR count). The summed E-state index contributed by atoms with van der Waals surface area (Å²) >= 11 is 0. The van der Waals surface area contributed by atoms with Crippen molar-refractivity contribution < 1.29 is 48.4 Å². The maximum atomic E-state index is 11.4. The lowest BCUT2D eigenvalue weighted by Crippen LogP contribution is -1.97. The van der Waals surface area contributed by atoms with E-state index in [1.54, 1.807) is 48.5 Å². The molecule has 0 amide bonds. The van der Waals surface area contributed by atoms with Gasteiger partial charge in [0.2, 0.25) is 5.90 Å². The summed E-state index contributed by atoms with van der Waals surface area (Å²) in [4.78, 5) is 15.0. The van der Waals surface area contributed by atoms with Gasteiger partial charge in [-0.05, 0) is 103 Å². The number of benzene rings is 6. The Labute approximate surface area is 327 Å². The average molecular weight is 802 g/mol. The SMILES string of the molecule is O=C(O)c1cc(N=Nc2ccc(C(O)=Nc3ccc(N=Nc4cc(N=Nc5cc(N=Nc6cccc(S(=O)(=O)O)c6)ccc5O)c(O)cc4O)cc3)cc2)ccc1O. The Morgan fingerprint density at radius 1 is 0.448 bits per heavy atom. The molecule has 0 atom stereocenters. The second kappa shape index (κ2) is 17.1. The zero-order valence-corrected chi connectivity index (χ0v) is 30.2. The van der Waals surface area contributed by atoms with Crippen LogP contribution in [0.2, 0.25) is 0 Å². The van der Waals surface area contributed by atoms with Crippen molar-refractivity contribution in [2.75, 3.05) is 0 Å². The number of phenolic OH excluding ortho intramolecular Hbond substituents is 3. The third-order valence-corrected chi connectivity index (χ3v) is 8.52. The molecule has 0 aliphatic heterocycles. The van der Waals surface area contributed by atoms with Gasteiger partial charge in [0, 0.05) is 17.7 Å². The highest BCUT2D eigenvalue weighted by atomic mass is 32.2. The molecule has 0 saturated heterocycles. The molecular formula is C38H27N9O10S. The van der Waals surface area contributed by atoms with Crippen LogP contribution in [0.1, 0.15) is 15.9 Å². The molecule has 0 spiro atoms. The first kappa shape index (κ1) is 39.5. The largest absolute Gasteiger partial charge is 0.507 e. The summed E-state index contributed by atoms with van der Waals surface area (Å²) in [5.41, 5.74) is 1.43. The standard InChI is InChI=1S/C38H27N9O10S/c48-33-14-12-26(17-29(33)38(53)54)43-40-23-6-4-21(5-7-23)37(52)39-22-8-10-24(11-9-22)41-45-31-19-32(36(51)20-35(31)50)47-46-30-18-27(13-15-34(30)49)44-42-25-2-1-3-28(16-25)58(55,56)57/h1-20,48-51H,(H,39,52)(H,53,54)(H,55,56,57). The minimum Gasteiger partial charge on any atom is -0.507 e. The smallest absolute Gasteiger partial charge is 0.339 e. The summed E-state index contributed by atoms with van der Waals surface area (Å²) in [7, 11) is -4.44. The van der Waals surface area contributed by atoms with Gasteiger partial charge >= 0.3 is 5.97 Å². The second-order valence-corrected chi connectivity index (χ2v) is 13.2. The number of hydrogen-bond donors (Lipinski definition) is 7. The van der Waals surface area contributed by atoms with Crippen LogP contribution in [0.5, 0.6) is 23.0 Å². The molecule has 20 heteroatoms. The number of hydrogen-bond acceptors (Lipinski definition) is 16. The van der Waals surface area contributed by atoms with Crippen LogP contribution in [-0.2, 0) is 10.1 Å². The topological polar surface area (TPSA) is 304 Å². The van der Waals surface area contributed by atoms with Crippen molar-refractivity contribution in [1.82, 2.24) is 0 Å². The van der Waals surface area contributed by atoms with Crippen LogP contribution in [0.3, 0.4) is 0 Å². The Balaban J connectivity index is 1.11. The Bertz CT molecular complexity index is 2790. The van der Waals surface area contributed by atoms with Crippen molar-refractivity contribution in [3.05, 3.63) is 132 Å². The summed E-state index contributed by atoms with van der Waals surface area (Å²) in [6.07, 6.45) is 0. The Hall–Kier alpha value is -8.23. The van der Waals surface area contributed by atoms with Crippen LogP contribution in [0, 0.1) is 0 Å². The molecule has 0 radical (unpaired) electrons. The summed E-state index contributed by atoms with van der Waals surface area (Å²) < 4.78 is 32.1. The van der Waals surface area contributed by atoms with Gasteiger partial charge in [0.25, 0.3) is 10.1 Å². The van der Waals surface area contributed by atoms with Crippen molar-refractivity contribution in [2.45, 2.75) is 4.90 Å². The van der Waals surface area contributed by atoms with Crippen molar-refractivity contribution in [1.29, 1.82) is 0 Å². The van der Waals surface area contributed by atoms with E-state index in [2.05, 4.69) is 45.9 Å². The minimum absolute atomic E-state index is 0.0722. The second-order valence-electron chi connectivity index (χ2n) is 11.8. The monoisotopic (exact) mass is 801 g/mol. The number of aliphatic hydroxyl groups is 1. The lowest BCUT2D eigenvalue weighted by atomic mass is 10.2. The highest BCUT2D eigenvalue weighted by Crippen LogP contribution is 2.41. The number of carboxylic acids is 1. The molecule has 0 fully saturated rings. The van der Waals surface area contributed by atoms with Gasteiger partial charge in [0.1, 0.15) is 45.6 Å². The number of aliphatic hydroxyl groups excluding tert-OH is 1. The van der Waals surface area contributed by atoms with Gasteiger partial charge in [-0.15, -0.1) is 15.3 Å². The summed E-state index contributed by atoms with van der Waals surface area (Å²) in [5, 5.41) is 92.4. The van der Waals surface area contributed by atoms with Gasteiger partial charge in [-0.1, -0.05) is 6.07 Å². The van der Waals surface area contributed by atoms with E-state index in [1.807, 2.05) is 0 Å². The fourth-order valence-electron chi connectivity index (χ4n) is 4.74. The number of phenols is 4. The lowest BCUT2D eigenvalue weighted by molar-refractivity contribution is 0.0693. The summed E-state index contributed by atoms with van der Waals surface area (Å²) in [5.74, 6) is -3.17. The molecule has 6 aromatic rings. The number of nitrogens with zero attached hydrogens (tertiary/aromatic N) is 9. The van der Waals surface area contributed by atoms with Gasteiger partial charge in [-0.25, -0.2) is 9.79 Å². The van der Waals surface area contributed by atoms with E-state index in [0.717, 1.165) is 12.1 Å². The fraction of sp³-hybridized carbons (Fsp3) is 0. The average Bonchev–Trinajstić information content (AvgIpc) is 3.20. The van der Waals surface area contributed by atoms with Crippen LogP contribution in [-0.4, -0.2) is 55.5 Å². The van der Waals surface area contributed by atoms with E-state index < -0.39 is 33.3 Å². The van der Waals surface area contributed by atoms with Crippen LogP contribution in [0.25, 0.3) is 0 Å². The Kier molecular flexibility index (Phi) is 11.6. The number of aromatic carboxylic acids is 1. The molecule has 0 unspecified atom stereocenters. The van der Waals surface area contributed by atoms with E-state index in [9.17, 15) is 43.3 Å². The maximum Gasteiger partial charge on any atom is 0.339 e. The van der Waals surface area contributed by atoms with E-state index in [-0.39, 0.29) is 56.2 Å². The molecule has 0 heterocycles. The number of azo groups is 4.